The summed E-state index contributed by atoms with van der Waals surface area (Å²) in [5.74, 6) is -0.650. The fraction of sp³-hybridized carbons (Fsp3) is 0.333. The molecule has 0 atom stereocenters. The largest absolute Gasteiger partial charge is 0.435 e. The van der Waals surface area contributed by atoms with Crippen molar-refractivity contribution >= 4 is 35.0 Å². The van der Waals surface area contributed by atoms with E-state index >= 15 is 0 Å². The first-order valence-corrected chi connectivity index (χ1v) is 11.3. The van der Waals surface area contributed by atoms with E-state index in [0.717, 1.165) is 6.21 Å². The highest BCUT2D eigenvalue weighted by Gasteiger charge is 2.73. The Hall–Kier alpha value is -3.50. The van der Waals surface area contributed by atoms with Crippen molar-refractivity contribution in [2.45, 2.75) is 50.2 Å². The number of nitriles is 1. The molecule has 4 N–H and O–H groups in total. The second kappa shape index (κ2) is 9.99. The average molecular weight is 563 g/mol. The molecule has 1 aliphatic carbocycles. The lowest BCUT2D eigenvalue weighted by molar-refractivity contribution is -0.496. The lowest BCUT2D eigenvalue weighted by Crippen LogP contribution is -2.72. The van der Waals surface area contributed by atoms with Crippen LogP contribution in [0.4, 0.5) is 36.4 Å². The van der Waals surface area contributed by atoms with Crippen molar-refractivity contribution in [3.05, 3.63) is 63.6 Å². The number of alkyl halides is 7. The lowest BCUT2D eigenvalue weighted by Gasteiger charge is -2.30. The third-order valence-corrected chi connectivity index (χ3v) is 6.39. The quantitative estimate of drug-likeness (QED) is 0.184. The number of amides is 1. The molecule has 1 aromatic carbocycles. The standard InChI is InChI=1S/C24H19ClF7N5O/c1-12-5-16(22(26,23(27,28)29)24(30,31)32)6-13(2)18(12)35-10-15(8-33)14-7-17(19(25)36-9-14)20(38)37-21(11-34)3-4-21/h5-10,33,35H,3-4H2,1-2H3,(H,37,38)/p+1/b15-10+,33-8?. The van der Waals surface area contributed by atoms with Gasteiger partial charge in [-0.1, -0.05) is 11.6 Å². The van der Waals surface area contributed by atoms with Gasteiger partial charge in [-0.3, -0.25) is 10.1 Å². The first-order valence-electron chi connectivity index (χ1n) is 10.9. The van der Waals surface area contributed by atoms with Crippen LogP contribution in [0.2, 0.25) is 5.15 Å². The van der Waals surface area contributed by atoms with Crippen LogP contribution in [-0.4, -0.2) is 35.0 Å². The Morgan fingerprint density at radius 1 is 1.13 bits per heavy atom. The number of nitrogens with one attached hydrogen (secondary N) is 2. The van der Waals surface area contributed by atoms with Gasteiger partial charge in [0.1, 0.15) is 22.6 Å². The van der Waals surface area contributed by atoms with E-state index in [4.69, 9.17) is 17.0 Å². The Morgan fingerprint density at radius 3 is 2.13 bits per heavy atom. The number of hydrogen-bond donors (Lipinski definition) is 3. The van der Waals surface area contributed by atoms with E-state index in [1.54, 1.807) is 0 Å². The Labute approximate surface area is 217 Å². The lowest BCUT2D eigenvalue weighted by atomic mass is 9.90. The van der Waals surface area contributed by atoms with Gasteiger partial charge in [0.2, 0.25) is 0 Å². The molecular weight excluding hydrogens is 543 g/mol. The molecule has 6 nitrogen and oxygen atoms in total. The third-order valence-electron chi connectivity index (χ3n) is 6.09. The molecule has 0 saturated heterocycles. The van der Waals surface area contributed by atoms with Gasteiger partial charge < -0.3 is 10.7 Å². The highest BCUT2D eigenvalue weighted by molar-refractivity contribution is 6.32. The minimum atomic E-state index is -6.24. The number of hydrogen-bond acceptors (Lipinski definition) is 4. The van der Waals surface area contributed by atoms with E-state index in [1.165, 1.54) is 37.6 Å². The number of benzene rings is 1. The molecule has 0 aliphatic heterocycles. The zero-order valence-electron chi connectivity index (χ0n) is 19.8. The van der Waals surface area contributed by atoms with Crippen LogP contribution in [0.15, 0.2) is 30.6 Å². The van der Waals surface area contributed by atoms with Crippen molar-refractivity contribution in [3.63, 3.8) is 0 Å². The smallest absolute Gasteiger partial charge is 0.334 e. The van der Waals surface area contributed by atoms with Crippen LogP contribution < -0.4 is 10.6 Å². The maximum Gasteiger partial charge on any atom is 0.435 e. The fourth-order valence-electron chi connectivity index (χ4n) is 3.76. The van der Waals surface area contributed by atoms with Crippen LogP contribution in [0.5, 0.6) is 0 Å². The number of carbonyl (C=O) groups excluding carboxylic acids is 1. The number of quaternary nitrogens is 1. The molecule has 1 saturated carbocycles. The summed E-state index contributed by atoms with van der Waals surface area (Å²) >= 11 is 6.03. The summed E-state index contributed by atoms with van der Waals surface area (Å²) in [4.78, 5) is 16.5. The summed E-state index contributed by atoms with van der Waals surface area (Å²) in [7, 11) is 0. The first-order chi connectivity index (χ1) is 17.5. The van der Waals surface area contributed by atoms with Gasteiger partial charge >= 0.3 is 18.0 Å². The number of carbonyl (C=O) groups is 1. The van der Waals surface area contributed by atoms with Crippen molar-refractivity contribution < 1.29 is 40.8 Å². The third kappa shape index (κ3) is 5.37. The predicted octanol–water partition coefficient (Wildman–Crippen LogP) is 5.31. The molecule has 1 heterocycles. The number of allylic oxidation sites excluding steroid dienone is 1. The van der Waals surface area contributed by atoms with Gasteiger partial charge in [-0.2, -0.15) is 31.6 Å². The summed E-state index contributed by atoms with van der Waals surface area (Å²) in [6, 6.07) is 4.29. The molecule has 0 radical (unpaired) electrons. The van der Waals surface area contributed by atoms with Crippen molar-refractivity contribution in [1.82, 2.24) is 10.3 Å². The first kappa shape index (κ1) is 29.1. The van der Waals surface area contributed by atoms with Crippen LogP contribution in [0.25, 0.3) is 5.57 Å². The molecule has 2 aromatic rings. The molecule has 1 fully saturated rings. The number of pyridine rings is 1. The topological polar surface area (TPSA) is 106 Å². The SMILES string of the molecule is Cc1cc(C(F)(C(F)(F)F)C(F)(F)F)cc(C)c1[NH2+]/C=C(\C=N)c1cnc(Cl)c(C(=O)NC2(C#N)CC2)c1. The van der Waals surface area contributed by atoms with E-state index in [9.17, 15) is 40.8 Å². The number of rotatable bonds is 7. The minimum Gasteiger partial charge on any atom is -0.334 e. The van der Waals surface area contributed by atoms with Crippen molar-refractivity contribution in [2.75, 3.05) is 0 Å². The van der Waals surface area contributed by atoms with Gasteiger partial charge in [-0.15, -0.1) is 0 Å². The second-order valence-corrected chi connectivity index (χ2v) is 9.18. The Balaban J connectivity index is 1.95. The number of aromatic nitrogens is 1. The Kier molecular flexibility index (Phi) is 7.64. The summed E-state index contributed by atoms with van der Waals surface area (Å²) < 4.78 is 93.6. The van der Waals surface area contributed by atoms with Crippen LogP contribution in [0.1, 0.15) is 45.5 Å². The fourth-order valence-corrected chi connectivity index (χ4v) is 3.95. The van der Waals surface area contributed by atoms with Gasteiger partial charge in [-0.05, 0) is 44.9 Å². The number of nitrogens with zero attached hydrogens (tertiary/aromatic N) is 2. The Morgan fingerprint density at radius 2 is 1.68 bits per heavy atom. The van der Waals surface area contributed by atoms with Crippen LogP contribution in [0.3, 0.4) is 0 Å². The molecule has 202 valence electrons. The molecule has 0 spiro atoms. The molecule has 0 unspecified atom stereocenters. The second-order valence-electron chi connectivity index (χ2n) is 8.82. The van der Waals surface area contributed by atoms with E-state index < -0.39 is 35.0 Å². The van der Waals surface area contributed by atoms with E-state index in [0.29, 0.717) is 25.0 Å². The zero-order valence-corrected chi connectivity index (χ0v) is 20.5. The summed E-state index contributed by atoms with van der Waals surface area (Å²) in [5, 5.41) is 20.6. The van der Waals surface area contributed by atoms with Gasteiger partial charge in [0.05, 0.1) is 17.2 Å². The minimum absolute atomic E-state index is 0.0613. The highest BCUT2D eigenvalue weighted by Crippen LogP contribution is 2.53. The molecule has 38 heavy (non-hydrogen) atoms. The number of nitrogens with two attached hydrogens (primary N) is 1. The zero-order chi connectivity index (χ0) is 28.7. The predicted molar refractivity (Wildman–Crippen MR) is 123 cm³/mol. The van der Waals surface area contributed by atoms with Gasteiger partial charge in [0, 0.05) is 34.7 Å². The van der Waals surface area contributed by atoms with Crippen molar-refractivity contribution in [3.8, 4) is 6.07 Å². The van der Waals surface area contributed by atoms with Crippen LogP contribution >= 0.6 is 11.6 Å². The molecule has 3 rings (SSSR count). The number of aryl methyl sites for hydroxylation is 2. The van der Waals surface area contributed by atoms with Crippen LogP contribution in [0, 0.1) is 30.6 Å². The monoisotopic (exact) mass is 562 g/mol. The number of halogens is 8. The normalized spacial score (nSPS) is 15.6. The summed E-state index contributed by atoms with van der Waals surface area (Å²) in [6.45, 7) is 2.45. The van der Waals surface area contributed by atoms with Gasteiger partial charge in [0.15, 0.2) is 0 Å². The van der Waals surface area contributed by atoms with E-state index in [2.05, 4.69) is 10.3 Å². The average Bonchev–Trinajstić information content (AvgIpc) is 3.59. The summed E-state index contributed by atoms with van der Waals surface area (Å²) in [5.41, 5.74) is -7.72. The van der Waals surface area contributed by atoms with Crippen molar-refractivity contribution in [1.29, 1.82) is 10.7 Å². The summed E-state index contributed by atoms with van der Waals surface area (Å²) in [6.07, 6.45) is -8.03. The molecule has 0 bridgehead atoms. The molecule has 1 amide bonds. The Bertz CT molecular complexity index is 1320. The van der Waals surface area contributed by atoms with Crippen molar-refractivity contribution in [2.24, 2.45) is 0 Å². The van der Waals surface area contributed by atoms with E-state index in [-0.39, 0.29) is 38.7 Å². The maximum absolute atomic E-state index is 14.5. The van der Waals surface area contributed by atoms with Gasteiger partial charge in [0.25, 0.3) is 5.91 Å². The maximum atomic E-state index is 14.5. The van der Waals surface area contributed by atoms with E-state index in [1.807, 2.05) is 6.07 Å². The molecule has 1 aromatic heterocycles. The molecule has 14 heteroatoms. The molecule has 1 aliphatic rings. The van der Waals surface area contributed by atoms with Crippen LogP contribution in [-0.2, 0) is 5.67 Å². The van der Waals surface area contributed by atoms with Gasteiger partial charge in [-0.25, -0.2) is 9.37 Å². The molecular formula is C24H20ClF7N5O+. The highest BCUT2D eigenvalue weighted by atomic mass is 35.5.